The number of ether oxygens (including phenoxy) is 3. The first-order valence-corrected chi connectivity index (χ1v) is 6.83. The van der Waals surface area contributed by atoms with Gasteiger partial charge in [0.1, 0.15) is 12.7 Å². The maximum Gasteiger partial charge on any atom is 0.311 e. The first-order chi connectivity index (χ1) is 8.66. The third-order valence-corrected chi connectivity index (χ3v) is 3.24. The van der Waals surface area contributed by atoms with Gasteiger partial charge in [0.05, 0.1) is 18.1 Å². The number of aliphatic hydroxyl groups is 1. The second-order valence-corrected chi connectivity index (χ2v) is 6.20. The molecule has 0 bridgehead atoms. The van der Waals surface area contributed by atoms with Gasteiger partial charge in [-0.25, -0.2) is 0 Å². The zero-order chi connectivity index (χ0) is 14.7. The Balaban J connectivity index is 2.38. The number of carbonyl (C=O) groups is 1. The maximum atomic E-state index is 12.0. The molecule has 0 aromatic rings. The Morgan fingerprint density at radius 1 is 1.53 bits per heavy atom. The van der Waals surface area contributed by atoms with Crippen molar-refractivity contribution >= 4 is 5.97 Å². The molecular formula is C14H26O5. The molecule has 2 atom stereocenters. The van der Waals surface area contributed by atoms with Crippen molar-refractivity contribution in [2.45, 2.75) is 65.5 Å². The van der Waals surface area contributed by atoms with Gasteiger partial charge in [-0.1, -0.05) is 6.92 Å². The van der Waals surface area contributed by atoms with E-state index in [-0.39, 0.29) is 18.7 Å². The van der Waals surface area contributed by atoms with Crippen LogP contribution in [0.3, 0.4) is 0 Å². The molecule has 0 aromatic carbocycles. The number of hydrogen-bond acceptors (Lipinski definition) is 5. The van der Waals surface area contributed by atoms with E-state index in [4.69, 9.17) is 14.2 Å². The minimum absolute atomic E-state index is 0.188. The normalized spacial score (nSPS) is 24.2. The monoisotopic (exact) mass is 274 g/mol. The molecule has 1 aliphatic rings. The smallest absolute Gasteiger partial charge is 0.311 e. The number of esters is 1. The van der Waals surface area contributed by atoms with Gasteiger partial charge in [-0.3, -0.25) is 4.79 Å². The van der Waals surface area contributed by atoms with Gasteiger partial charge >= 0.3 is 5.97 Å². The van der Waals surface area contributed by atoms with Crippen LogP contribution in [0.2, 0.25) is 0 Å². The first kappa shape index (κ1) is 16.4. The second kappa shape index (κ2) is 6.20. The van der Waals surface area contributed by atoms with Crippen LogP contribution in [0.4, 0.5) is 0 Å². The van der Waals surface area contributed by atoms with Crippen molar-refractivity contribution in [3.63, 3.8) is 0 Å². The SMILES string of the molecule is CCC(O)CC(C)(C)C(=O)OCC1COC(C)(C)O1. The fourth-order valence-corrected chi connectivity index (χ4v) is 2.03. The predicted octanol–water partition coefficient (Wildman–Crippen LogP) is 1.87. The number of aliphatic hydroxyl groups excluding tert-OH is 1. The molecule has 1 N–H and O–H groups in total. The van der Waals surface area contributed by atoms with Crippen LogP contribution in [0, 0.1) is 5.41 Å². The predicted molar refractivity (Wildman–Crippen MR) is 70.6 cm³/mol. The van der Waals surface area contributed by atoms with Gasteiger partial charge in [-0.15, -0.1) is 0 Å². The van der Waals surface area contributed by atoms with Crippen molar-refractivity contribution in [3.05, 3.63) is 0 Å². The molecule has 1 fully saturated rings. The summed E-state index contributed by atoms with van der Waals surface area (Å²) in [5.74, 6) is -0.918. The van der Waals surface area contributed by atoms with Crippen LogP contribution in [0.1, 0.15) is 47.5 Å². The summed E-state index contributed by atoms with van der Waals surface area (Å²) in [6.45, 7) is 9.73. The lowest BCUT2D eigenvalue weighted by atomic mass is 9.86. The van der Waals surface area contributed by atoms with E-state index in [2.05, 4.69) is 0 Å². The standard InChI is InChI=1S/C14H26O5/c1-6-10(15)7-13(2,3)12(16)17-8-11-9-18-14(4,5)19-11/h10-11,15H,6-9H2,1-5H3. The topological polar surface area (TPSA) is 65.0 Å². The molecule has 5 nitrogen and oxygen atoms in total. The zero-order valence-corrected chi connectivity index (χ0v) is 12.6. The largest absolute Gasteiger partial charge is 0.462 e. The minimum Gasteiger partial charge on any atom is -0.462 e. The van der Waals surface area contributed by atoms with Gasteiger partial charge in [0.25, 0.3) is 0 Å². The van der Waals surface area contributed by atoms with Gasteiger partial charge in [0, 0.05) is 0 Å². The van der Waals surface area contributed by atoms with Gasteiger partial charge < -0.3 is 19.3 Å². The van der Waals surface area contributed by atoms with E-state index in [1.165, 1.54) is 0 Å². The Morgan fingerprint density at radius 2 is 2.16 bits per heavy atom. The van der Waals surface area contributed by atoms with E-state index in [0.29, 0.717) is 19.4 Å². The quantitative estimate of drug-likeness (QED) is 0.749. The van der Waals surface area contributed by atoms with Gasteiger partial charge in [-0.05, 0) is 40.5 Å². The molecule has 1 rings (SSSR count). The highest BCUT2D eigenvalue weighted by atomic mass is 16.7. The van der Waals surface area contributed by atoms with Crippen LogP contribution < -0.4 is 0 Å². The Morgan fingerprint density at radius 3 is 2.63 bits per heavy atom. The van der Waals surface area contributed by atoms with E-state index in [0.717, 1.165) is 0 Å². The van der Waals surface area contributed by atoms with Crippen LogP contribution in [0.15, 0.2) is 0 Å². The van der Waals surface area contributed by atoms with Crippen molar-refractivity contribution in [1.29, 1.82) is 0 Å². The van der Waals surface area contributed by atoms with Crippen molar-refractivity contribution in [1.82, 2.24) is 0 Å². The molecule has 0 spiro atoms. The number of rotatable bonds is 6. The fraction of sp³-hybridized carbons (Fsp3) is 0.929. The summed E-state index contributed by atoms with van der Waals surface area (Å²) in [6.07, 6.45) is 0.332. The zero-order valence-electron chi connectivity index (χ0n) is 12.6. The molecule has 0 radical (unpaired) electrons. The van der Waals surface area contributed by atoms with Crippen LogP contribution in [0.25, 0.3) is 0 Å². The first-order valence-electron chi connectivity index (χ1n) is 6.83. The van der Waals surface area contributed by atoms with Gasteiger partial charge in [-0.2, -0.15) is 0 Å². The summed E-state index contributed by atoms with van der Waals surface area (Å²) in [5, 5.41) is 9.64. The van der Waals surface area contributed by atoms with Gasteiger partial charge in [0.15, 0.2) is 5.79 Å². The molecule has 112 valence electrons. The highest BCUT2D eigenvalue weighted by molar-refractivity contribution is 5.75. The summed E-state index contributed by atoms with van der Waals surface area (Å²) in [5.41, 5.74) is -0.690. The van der Waals surface area contributed by atoms with Crippen LogP contribution in [-0.4, -0.2) is 42.3 Å². The average molecular weight is 274 g/mol. The highest BCUT2D eigenvalue weighted by Gasteiger charge is 2.36. The molecule has 1 heterocycles. The molecule has 0 saturated carbocycles. The molecule has 2 unspecified atom stereocenters. The van der Waals surface area contributed by atoms with Crippen molar-refractivity contribution in [2.24, 2.45) is 5.41 Å². The summed E-state index contributed by atoms with van der Waals surface area (Å²) in [6, 6.07) is 0. The highest BCUT2D eigenvalue weighted by Crippen LogP contribution is 2.27. The summed E-state index contributed by atoms with van der Waals surface area (Å²) in [4.78, 5) is 12.0. The Kier molecular flexibility index (Phi) is 5.35. The van der Waals surface area contributed by atoms with E-state index in [1.54, 1.807) is 13.8 Å². The summed E-state index contributed by atoms with van der Waals surface area (Å²) < 4.78 is 16.2. The lowest BCUT2D eigenvalue weighted by Crippen LogP contribution is -2.33. The minimum atomic E-state index is -0.690. The fourth-order valence-electron chi connectivity index (χ4n) is 2.03. The molecule has 19 heavy (non-hydrogen) atoms. The van der Waals surface area contributed by atoms with Crippen LogP contribution >= 0.6 is 0 Å². The molecular weight excluding hydrogens is 248 g/mol. The summed E-state index contributed by atoms with van der Waals surface area (Å²) >= 11 is 0. The van der Waals surface area contributed by atoms with Crippen molar-refractivity contribution in [3.8, 4) is 0 Å². The van der Waals surface area contributed by atoms with E-state index >= 15 is 0 Å². The molecule has 0 aromatic heterocycles. The maximum absolute atomic E-state index is 12.0. The number of carbonyl (C=O) groups excluding carboxylic acids is 1. The lowest BCUT2D eigenvalue weighted by Gasteiger charge is -2.25. The van der Waals surface area contributed by atoms with Gasteiger partial charge in [0.2, 0.25) is 0 Å². The molecule has 0 aliphatic carbocycles. The lowest BCUT2D eigenvalue weighted by molar-refractivity contribution is -0.166. The van der Waals surface area contributed by atoms with E-state index < -0.39 is 17.3 Å². The van der Waals surface area contributed by atoms with Crippen LogP contribution in [0.5, 0.6) is 0 Å². The van der Waals surface area contributed by atoms with E-state index in [9.17, 15) is 9.90 Å². The van der Waals surface area contributed by atoms with Crippen molar-refractivity contribution in [2.75, 3.05) is 13.2 Å². The van der Waals surface area contributed by atoms with Crippen LogP contribution in [-0.2, 0) is 19.0 Å². The Hall–Kier alpha value is -0.650. The third kappa shape index (κ3) is 5.09. The molecule has 5 heteroatoms. The Bertz CT molecular complexity index is 311. The molecule has 0 amide bonds. The Labute approximate surface area is 115 Å². The second-order valence-electron chi connectivity index (χ2n) is 6.20. The number of hydrogen-bond donors (Lipinski definition) is 1. The third-order valence-electron chi connectivity index (χ3n) is 3.24. The van der Waals surface area contributed by atoms with Crippen molar-refractivity contribution < 1.29 is 24.1 Å². The average Bonchev–Trinajstić information content (AvgIpc) is 2.65. The summed E-state index contributed by atoms with van der Waals surface area (Å²) in [7, 11) is 0. The van der Waals surface area contributed by atoms with E-state index in [1.807, 2.05) is 20.8 Å². The molecule has 1 saturated heterocycles. The molecule has 1 aliphatic heterocycles.